The summed E-state index contributed by atoms with van der Waals surface area (Å²) in [4.78, 5) is 27.4. The number of nitrogens with zero attached hydrogens (tertiary/aromatic N) is 1. The Bertz CT molecular complexity index is 977. The number of amides is 1. The summed E-state index contributed by atoms with van der Waals surface area (Å²) in [6.45, 7) is 3.25. The molecule has 1 atom stereocenters. The monoisotopic (exact) mass is 393 g/mol. The second-order valence-electron chi connectivity index (χ2n) is 8.07. The molecule has 1 saturated heterocycles. The molecule has 150 valence electrons. The fourth-order valence-corrected chi connectivity index (χ4v) is 4.37. The number of fused-ring (bicyclic) bond motifs is 2. The van der Waals surface area contributed by atoms with Crippen LogP contribution in [0.4, 0.5) is 0 Å². The molecule has 6 nitrogen and oxygen atoms in total. The number of hydrogen-bond donors (Lipinski definition) is 0. The molecule has 1 amide bonds. The number of hydrogen-bond acceptors (Lipinski definition) is 5. The average Bonchev–Trinajstić information content (AvgIpc) is 2.74. The second-order valence-corrected chi connectivity index (χ2v) is 8.07. The SMILES string of the molecule is Cc1ccc2c(c1)C(=O)CC1(CCN(C(=O)C3COc4ccccc4O3)CC1)O2. The molecule has 5 rings (SSSR count). The number of aryl methyl sites for hydroxylation is 1. The van der Waals surface area contributed by atoms with Gasteiger partial charge in [-0.25, -0.2) is 0 Å². The molecule has 3 aliphatic rings. The van der Waals surface area contributed by atoms with Crippen molar-refractivity contribution in [1.82, 2.24) is 4.90 Å². The lowest BCUT2D eigenvalue weighted by Gasteiger charge is -2.44. The summed E-state index contributed by atoms with van der Waals surface area (Å²) in [7, 11) is 0. The first kappa shape index (κ1) is 18.0. The van der Waals surface area contributed by atoms with Gasteiger partial charge >= 0.3 is 0 Å². The van der Waals surface area contributed by atoms with Gasteiger partial charge in [-0.05, 0) is 31.2 Å². The molecule has 0 saturated carbocycles. The maximum atomic E-state index is 12.9. The van der Waals surface area contributed by atoms with Gasteiger partial charge in [0.05, 0.1) is 12.0 Å². The van der Waals surface area contributed by atoms with Gasteiger partial charge in [0.25, 0.3) is 5.91 Å². The molecular weight excluding hydrogens is 370 g/mol. The van der Waals surface area contributed by atoms with Crippen LogP contribution in [0.3, 0.4) is 0 Å². The van der Waals surface area contributed by atoms with Crippen molar-refractivity contribution >= 4 is 11.7 Å². The van der Waals surface area contributed by atoms with E-state index < -0.39 is 11.7 Å². The predicted octanol–water partition coefficient (Wildman–Crippen LogP) is 3.16. The highest BCUT2D eigenvalue weighted by atomic mass is 16.6. The summed E-state index contributed by atoms with van der Waals surface area (Å²) >= 11 is 0. The lowest BCUT2D eigenvalue weighted by molar-refractivity contribution is -0.144. The predicted molar refractivity (Wildman–Crippen MR) is 106 cm³/mol. The molecule has 1 spiro atoms. The molecule has 0 aliphatic carbocycles. The molecule has 0 bridgehead atoms. The molecule has 2 aromatic rings. The van der Waals surface area contributed by atoms with Crippen LogP contribution in [0.5, 0.6) is 17.2 Å². The van der Waals surface area contributed by atoms with Crippen LogP contribution in [0.2, 0.25) is 0 Å². The lowest BCUT2D eigenvalue weighted by Crippen LogP contribution is -2.55. The highest BCUT2D eigenvalue weighted by Gasteiger charge is 2.44. The number of ether oxygens (including phenoxy) is 3. The average molecular weight is 393 g/mol. The maximum Gasteiger partial charge on any atom is 0.267 e. The van der Waals surface area contributed by atoms with E-state index in [1.54, 1.807) is 11.0 Å². The van der Waals surface area contributed by atoms with E-state index in [0.717, 1.165) is 5.56 Å². The van der Waals surface area contributed by atoms with E-state index >= 15 is 0 Å². The third kappa shape index (κ3) is 3.22. The minimum absolute atomic E-state index is 0.0764. The van der Waals surface area contributed by atoms with Crippen LogP contribution in [-0.2, 0) is 4.79 Å². The standard InChI is InChI=1S/C23H23NO5/c1-15-6-7-18-16(12-15)17(25)13-23(29-18)8-10-24(11-9-23)22(26)21-14-27-19-4-2-3-5-20(19)28-21/h2-7,12,21H,8-11,13-14H2,1H3. The van der Waals surface area contributed by atoms with Gasteiger partial charge in [0.1, 0.15) is 18.0 Å². The molecule has 6 heteroatoms. The van der Waals surface area contributed by atoms with Gasteiger partial charge in [-0.2, -0.15) is 0 Å². The van der Waals surface area contributed by atoms with Crippen molar-refractivity contribution in [3.05, 3.63) is 53.6 Å². The van der Waals surface area contributed by atoms with Crippen molar-refractivity contribution in [3.8, 4) is 17.2 Å². The van der Waals surface area contributed by atoms with E-state index in [0.29, 0.717) is 55.2 Å². The quantitative estimate of drug-likeness (QED) is 0.745. The number of para-hydroxylation sites is 2. The summed E-state index contributed by atoms with van der Waals surface area (Å²) in [5.74, 6) is 1.96. The van der Waals surface area contributed by atoms with Gasteiger partial charge in [-0.1, -0.05) is 23.8 Å². The largest absolute Gasteiger partial charge is 0.486 e. The van der Waals surface area contributed by atoms with Gasteiger partial charge in [0, 0.05) is 25.9 Å². The molecule has 3 heterocycles. The van der Waals surface area contributed by atoms with Crippen molar-refractivity contribution in [1.29, 1.82) is 0 Å². The number of carbonyl (C=O) groups excluding carboxylic acids is 2. The molecule has 1 fully saturated rings. The first-order valence-electron chi connectivity index (χ1n) is 10.0. The van der Waals surface area contributed by atoms with Crippen molar-refractivity contribution in [2.24, 2.45) is 0 Å². The van der Waals surface area contributed by atoms with Gasteiger partial charge < -0.3 is 19.1 Å². The van der Waals surface area contributed by atoms with E-state index in [-0.39, 0.29) is 18.3 Å². The molecule has 1 unspecified atom stereocenters. The van der Waals surface area contributed by atoms with Crippen LogP contribution in [0.25, 0.3) is 0 Å². The first-order chi connectivity index (χ1) is 14.0. The third-order valence-corrected chi connectivity index (χ3v) is 6.02. The first-order valence-corrected chi connectivity index (χ1v) is 10.0. The summed E-state index contributed by atoms with van der Waals surface area (Å²) in [5, 5.41) is 0. The number of Topliss-reactive ketones (excluding diaryl/α,β-unsaturated/α-hetero) is 1. The van der Waals surface area contributed by atoms with Crippen LogP contribution < -0.4 is 14.2 Å². The Morgan fingerprint density at radius 2 is 1.83 bits per heavy atom. The third-order valence-electron chi connectivity index (χ3n) is 6.02. The zero-order chi connectivity index (χ0) is 20.0. The summed E-state index contributed by atoms with van der Waals surface area (Å²) in [6, 6.07) is 13.1. The molecule has 2 aromatic carbocycles. The fourth-order valence-electron chi connectivity index (χ4n) is 4.37. The van der Waals surface area contributed by atoms with Crippen LogP contribution in [0.1, 0.15) is 35.2 Å². The maximum absolute atomic E-state index is 12.9. The Morgan fingerprint density at radius 3 is 2.62 bits per heavy atom. The molecular formula is C23H23NO5. The Labute approximate surface area is 169 Å². The highest BCUT2D eigenvalue weighted by Crippen LogP contribution is 2.40. The van der Waals surface area contributed by atoms with Crippen molar-refractivity contribution < 1.29 is 23.8 Å². The van der Waals surface area contributed by atoms with Crippen LogP contribution in [-0.4, -0.2) is 48.0 Å². The number of benzene rings is 2. The molecule has 0 radical (unpaired) electrons. The van der Waals surface area contributed by atoms with Gasteiger partial charge in [0.15, 0.2) is 17.3 Å². The second kappa shape index (κ2) is 6.79. The van der Waals surface area contributed by atoms with E-state index in [4.69, 9.17) is 14.2 Å². The molecule has 0 aromatic heterocycles. The Morgan fingerprint density at radius 1 is 1.07 bits per heavy atom. The lowest BCUT2D eigenvalue weighted by atomic mass is 9.82. The fraction of sp³-hybridized carbons (Fsp3) is 0.391. The topological polar surface area (TPSA) is 65.1 Å². The van der Waals surface area contributed by atoms with Crippen LogP contribution in [0, 0.1) is 6.92 Å². The molecule has 0 N–H and O–H groups in total. The van der Waals surface area contributed by atoms with Crippen LogP contribution >= 0.6 is 0 Å². The Balaban J connectivity index is 1.26. The van der Waals surface area contributed by atoms with Gasteiger partial charge in [-0.3, -0.25) is 9.59 Å². The number of carbonyl (C=O) groups is 2. The highest BCUT2D eigenvalue weighted by molar-refractivity contribution is 6.00. The minimum atomic E-state index is -0.642. The number of piperidine rings is 1. The number of rotatable bonds is 1. The normalized spacial score (nSPS) is 22.0. The van der Waals surface area contributed by atoms with Crippen LogP contribution in [0.15, 0.2) is 42.5 Å². The number of likely N-dealkylation sites (tertiary alicyclic amines) is 1. The van der Waals surface area contributed by atoms with Gasteiger partial charge in [0.2, 0.25) is 6.10 Å². The van der Waals surface area contributed by atoms with Crippen molar-refractivity contribution in [3.63, 3.8) is 0 Å². The summed E-state index contributed by atoms with van der Waals surface area (Å²) < 4.78 is 17.8. The Hall–Kier alpha value is -3.02. The van der Waals surface area contributed by atoms with Gasteiger partial charge in [-0.15, -0.1) is 0 Å². The van der Waals surface area contributed by atoms with E-state index in [2.05, 4.69) is 0 Å². The summed E-state index contributed by atoms with van der Waals surface area (Å²) in [5.41, 5.74) is 1.20. The minimum Gasteiger partial charge on any atom is -0.486 e. The van der Waals surface area contributed by atoms with E-state index in [9.17, 15) is 9.59 Å². The number of ketones is 1. The smallest absolute Gasteiger partial charge is 0.267 e. The van der Waals surface area contributed by atoms with E-state index in [1.807, 2.05) is 43.3 Å². The van der Waals surface area contributed by atoms with Crippen molar-refractivity contribution in [2.75, 3.05) is 19.7 Å². The molecule has 29 heavy (non-hydrogen) atoms. The zero-order valence-corrected chi connectivity index (χ0v) is 16.3. The Kier molecular flexibility index (Phi) is 4.23. The zero-order valence-electron chi connectivity index (χ0n) is 16.3. The van der Waals surface area contributed by atoms with E-state index in [1.165, 1.54) is 0 Å². The van der Waals surface area contributed by atoms with Crippen molar-refractivity contribution in [2.45, 2.75) is 37.9 Å². The summed E-state index contributed by atoms with van der Waals surface area (Å²) in [6.07, 6.45) is 0.975. The molecule has 3 aliphatic heterocycles.